The summed E-state index contributed by atoms with van der Waals surface area (Å²) in [7, 11) is 0. The monoisotopic (exact) mass is 347 g/mol. The quantitative estimate of drug-likeness (QED) is 0.896. The van der Waals surface area contributed by atoms with Crippen molar-refractivity contribution in [3.8, 4) is 11.5 Å². The molecule has 6 heteroatoms. The van der Waals surface area contributed by atoms with Gasteiger partial charge in [-0.25, -0.2) is 0 Å². The fourth-order valence-electron chi connectivity index (χ4n) is 2.27. The van der Waals surface area contributed by atoms with Gasteiger partial charge in [0.1, 0.15) is 19.3 Å². The van der Waals surface area contributed by atoms with Gasteiger partial charge in [-0.05, 0) is 12.5 Å². The van der Waals surface area contributed by atoms with Crippen LogP contribution in [0.2, 0.25) is 5.02 Å². The molecule has 2 aromatic rings. The molecule has 1 N–H and O–H groups in total. The second-order valence-corrected chi connectivity index (χ2v) is 5.81. The third kappa shape index (κ3) is 3.99. The van der Waals surface area contributed by atoms with Crippen molar-refractivity contribution >= 4 is 23.2 Å². The minimum Gasteiger partial charge on any atom is -0.486 e. The molecule has 24 heavy (non-hydrogen) atoms. The molecular weight excluding hydrogens is 330 g/mol. The normalized spacial score (nSPS) is 14.1. The summed E-state index contributed by atoms with van der Waals surface area (Å²) in [5, 5.41) is 3.16. The van der Waals surface area contributed by atoms with Gasteiger partial charge in [0.15, 0.2) is 11.5 Å². The number of fused-ring (bicyclic) bond motifs is 1. The Balaban J connectivity index is 1.61. The molecule has 0 aromatic heterocycles. The molecule has 5 nitrogen and oxygen atoms in total. The van der Waals surface area contributed by atoms with Crippen molar-refractivity contribution < 1.29 is 19.0 Å². The van der Waals surface area contributed by atoms with E-state index in [0.29, 0.717) is 42.0 Å². The van der Waals surface area contributed by atoms with Crippen LogP contribution in [0, 0.1) is 0 Å². The van der Waals surface area contributed by atoms with E-state index in [1.165, 1.54) is 0 Å². The molecule has 2 aromatic carbocycles. The van der Waals surface area contributed by atoms with Crippen molar-refractivity contribution in [2.24, 2.45) is 0 Å². The van der Waals surface area contributed by atoms with Crippen molar-refractivity contribution in [3.05, 3.63) is 53.1 Å². The van der Waals surface area contributed by atoms with E-state index in [4.69, 9.17) is 25.8 Å². The predicted octanol–water partition coefficient (Wildman–Crippen LogP) is 3.66. The molecular formula is C18H18ClNO4. The topological polar surface area (TPSA) is 56.8 Å². The number of hydrogen-bond donors (Lipinski definition) is 1. The molecule has 0 bridgehead atoms. The molecule has 1 aliphatic rings. The molecule has 1 amide bonds. The Kier molecular flexibility index (Phi) is 5.23. The van der Waals surface area contributed by atoms with Crippen LogP contribution in [0.15, 0.2) is 42.5 Å². The number of ether oxygens (including phenoxy) is 3. The van der Waals surface area contributed by atoms with Crippen LogP contribution in [0.4, 0.5) is 5.69 Å². The lowest BCUT2D eigenvalue weighted by atomic mass is 10.2. The summed E-state index contributed by atoms with van der Waals surface area (Å²) in [5.74, 6) is 0.876. The van der Waals surface area contributed by atoms with Crippen LogP contribution in [0.25, 0.3) is 0 Å². The van der Waals surface area contributed by atoms with Gasteiger partial charge in [-0.2, -0.15) is 0 Å². The molecule has 1 aliphatic heterocycles. The Labute approximate surface area is 145 Å². The SMILES string of the molecule is CC(OCc1ccccc1)C(=O)Nc1cc2c(cc1Cl)OCCO2. The van der Waals surface area contributed by atoms with E-state index in [0.717, 1.165) is 5.56 Å². The molecule has 0 radical (unpaired) electrons. The molecule has 1 unspecified atom stereocenters. The molecule has 0 spiro atoms. The van der Waals surface area contributed by atoms with Crippen LogP contribution in [-0.2, 0) is 16.1 Å². The Morgan fingerprint density at radius 1 is 1.21 bits per heavy atom. The molecule has 0 saturated heterocycles. The third-order valence-corrected chi connectivity index (χ3v) is 3.91. The second kappa shape index (κ2) is 7.55. The Bertz CT molecular complexity index is 720. The number of carbonyl (C=O) groups is 1. The Hall–Kier alpha value is -2.24. The van der Waals surface area contributed by atoms with Crippen LogP contribution in [0.5, 0.6) is 11.5 Å². The average Bonchev–Trinajstić information content (AvgIpc) is 2.61. The van der Waals surface area contributed by atoms with E-state index in [-0.39, 0.29) is 5.91 Å². The highest BCUT2D eigenvalue weighted by Crippen LogP contribution is 2.38. The van der Waals surface area contributed by atoms with Gasteiger partial charge in [0, 0.05) is 12.1 Å². The first-order valence-electron chi connectivity index (χ1n) is 7.69. The number of amides is 1. The lowest BCUT2D eigenvalue weighted by molar-refractivity contribution is -0.127. The van der Waals surface area contributed by atoms with E-state index in [2.05, 4.69) is 5.32 Å². The van der Waals surface area contributed by atoms with Gasteiger partial charge in [0.05, 0.1) is 17.3 Å². The summed E-state index contributed by atoms with van der Waals surface area (Å²) >= 11 is 6.19. The largest absolute Gasteiger partial charge is 0.486 e. The fourth-order valence-corrected chi connectivity index (χ4v) is 2.47. The smallest absolute Gasteiger partial charge is 0.253 e. The first-order chi connectivity index (χ1) is 11.6. The van der Waals surface area contributed by atoms with Gasteiger partial charge in [-0.15, -0.1) is 0 Å². The van der Waals surface area contributed by atoms with Crippen molar-refractivity contribution in [3.63, 3.8) is 0 Å². The summed E-state index contributed by atoms with van der Waals surface area (Å²) in [5.41, 5.74) is 1.48. The van der Waals surface area contributed by atoms with E-state index >= 15 is 0 Å². The number of rotatable bonds is 5. The fraction of sp³-hybridized carbons (Fsp3) is 0.278. The van der Waals surface area contributed by atoms with Crippen molar-refractivity contribution in [2.45, 2.75) is 19.6 Å². The predicted molar refractivity (Wildman–Crippen MR) is 91.8 cm³/mol. The number of carbonyl (C=O) groups excluding carboxylic acids is 1. The van der Waals surface area contributed by atoms with Gasteiger partial charge in [0.2, 0.25) is 0 Å². The summed E-state index contributed by atoms with van der Waals surface area (Å²) in [6.07, 6.45) is -0.616. The van der Waals surface area contributed by atoms with Crippen LogP contribution in [0.1, 0.15) is 12.5 Å². The minimum atomic E-state index is -0.616. The number of nitrogens with one attached hydrogen (secondary N) is 1. The van der Waals surface area contributed by atoms with E-state index in [1.54, 1.807) is 19.1 Å². The van der Waals surface area contributed by atoms with Gasteiger partial charge in [0.25, 0.3) is 5.91 Å². The molecule has 3 rings (SSSR count). The maximum atomic E-state index is 12.3. The summed E-state index contributed by atoms with van der Waals surface area (Å²) in [4.78, 5) is 12.3. The van der Waals surface area contributed by atoms with Gasteiger partial charge >= 0.3 is 0 Å². The van der Waals surface area contributed by atoms with Gasteiger partial charge in [-0.1, -0.05) is 41.9 Å². The molecule has 1 heterocycles. The number of halogens is 1. The maximum Gasteiger partial charge on any atom is 0.253 e. The molecule has 0 aliphatic carbocycles. The third-order valence-electron chi connectivity index (χ3n) is 3.60. The average molecular weight is 348 g/mol. The van der Waals surface area contributed by atoms with Crippen LogP contribution >= 0.6 is 11.6 Å². The first-order valence-corrected chi connectivity index (χ1v) is 8.07. The molecule has 126 valence electrons. The van der Waals surface area contributed by atoms with Crippen LogP contribution in [-0.4, -0.2) is 25.2 Å². The highest BCUT2D eigenvalue weighted by molar-refractivity contribution is 6.34. The van der Waals surface area contributed by atoms with Crippen molar-refractivity contribution in [2.75, 3.05) is 18.5 Å². The van der Waals surface area contributed by atoms with E-state index in [9.17, 15) is 4.79 Å². The zero-order chi connectivity index (χ0) is 16.9. The van der Waals surface area contributed by atoms with Gasteiger partial charge < -0.3 is 19.5 Å². The number of benzene rings is 2. The minimum absolute atomic E-state index is 0.274. The van der Waals surface area contributed by atoms with Crippen LogP contribution < -0.4 is 14.8 Å². The summed E-state index contributed by atoms with van der Waals surface area (Å²) in [6, 6.07) is 13.0. The van der Waals surface area contributed by atoms with E-state index in [1.807, 2.05) is 30.3 Å². The zero-order valence-corrected chi connectivity index (χ0v) is 14.0. The van der Waals surface area contributed by atoms with Crippen molar-refractivity contribution in [1.29, 1.82) is 0 Å². The molecule has 0 fully saturated rings. The Morgan fingerprint density at radius 3 is 2.58 bits per heavy atom. The standard InChI is InChI=1S/C18H18ClNO4/c1-12(24-11-13-5-3-2-4-6-13)18(21)20-15-10-17-16(9-14(15)19)22-7-8-23-17/h2-6,9-10,12H,7-8,11H2,1H3,(H,20,21). The first kappa shape index (κ1) is 16.6. The highest BCUT2D eigenvalue weighted by Gasteiger charge is 2.19. The summed E-state index contributed by atoms with van der Waals surface area (Å²) < 4.78 is 16.6. The molecule has 1 atom stereocenters. The van der Waals surface area contributed by atoms with Crippen LogP contribution in [0.3, 0.4) is 0 Å². The molecule has 0 saturated carbocycles. The zero-order valence-electron chi connectivity index (χ0n) is 13.3. The lowest BCUT2D eigenvalue weighted by Gasteiger charge is -2.20. The lowest BCUT2D eigenvalue weighted by Crippen LogP contribution is -2.28. The van der Waals surface area contributed by atoms with Gasteiger partial charge in [-0.3, -0.25) is 4.79 Å². The second-order valence-electron chi connectivity index (χ2n) is 5.40. The number of anilines is 1. The number of hydrogen-bond acceptors (Lipinski definition) is 4. The van der Waals surface area contributed by atoms with E-state index < -0.39 is 6.10 Å². The summed E-state index contributed by atoms with van der Waals surface area (Å²) in [6.45, 7) is 3.02. The Morgan fingerprint density at radius 2 is 1.88 bits per heavy atom. The maximum absolute atomic E-state index is 12.3. The highest BCUT2D eigenvalue weighted by atomic mass is 35.5. The van der Waals surface area contributed by atoms with Crippen molar-refractivity contribution in [1.82, 2.24) is 0 Å².